The van der Waals surface area contributed by atoms with Crippen LogP contribution in [0.2, 0.25) is 0 Å². The number of aromatic amines is 1. The van der Waals surface area contributed by atoms with E-state index in [0.717, 1.165) is 5.56 Å². The zero-order valence-electron chi connectivity index (χ0n) is 15.3. The summed E-state index contributed by atoms with van der Waals surface area (Å²) in [5, 5.41) is 9.69. The second kappa shape index (κ2) is 8.82. The molecule has 0 amide bonds. The summed E-state index contributed by atoms with van der Waals surface area (Å²) in [6.07, 6.45) is 3.79. The SMILES string of the molecule is Cn1cc(C(CC(=O)O)c2cnc(=O)[nH]c2)c(=O)nc1SCc1ccc(F)cc1. The Hall–Kier alpha value is -3.27. The van der Waals surface area contributed by atoms with E-state index in [1.807, 2.05) is 0 Å². The molecule has 0 aliphatic rings. The molecule has 0 fully saturated rings. The number of carbonyl (C=O) groups is 1. The van der Waals surface area contributed by atoms with Gasteiger partial charge in [-0.15, -0.1) is 0 Å². The van der Waals surface area contributed by atoms with Crippen LogP contribution in [0.5, 0.6) is 0 Å². The zero-order chi connectivity index (χ0) is 21.0. The van der Waals surface area contributed by atoms with E-state index in [9.17, 15) is 23.9 Å². The average Bonchev–Trinajstić information content (AvgIpc) is 2.68. The molecule has 0 saturated carbocycles. The number of aromatic nitrogens is 4. The van der Waals surface area contributed by atoms with Gasteiger partial charge in [0.05, 0.1) is 6.42 Å². The standard InChI is InChI=1S/C19H17FN4O4S/c1-24-9-15(14(6-16(25)26)12-7-21-18(28)22-8-12)17(27)23-19(24)29-10-11-2-4-13(20)5-3-11/h2-5,7-9,14H,6,10H2,1H3,(H,25,26)(H,21,22,28). The lowest BCUT2D eigenvalue weighted by Crippen LogP contribution is -2.23. The number of H-pyrrole nitrogens is 1. The van der Waals surface area contributed by atoms with E-state index >= 15 is 0 Å². The van der Waals surface area contributed by atoms with Gasteiger partial charge in [-0.3, -0.25) is 9.59 Å². The predicted octanol–water partition coefficient (Wildman–Crippen LogP) is 1.90. The lowest BCUT2D eigenvalue weighted by Gasteiger charge is -2.16. The Morgan fingerprint density at radius 3 is 2.66 bits per heavy atom. The van der Waals surface area contributed by atoms with Crippen LogP contribution in [0.4, 0.5) is 4.39 Å². The van der Waals surface area contributed by atoms with Crippen molar-refractivity contribution < 1.29 is 14.3 Å². The number of benzene rings is 1. The Morgan fingerprint density at radius 1 is 1.31 bits per heavy atom. The third-order valence-electron chi connectivity index (χ3n) is 4.21. The van der Waals surface area contributed by atoms with E-state index in [-0.39, 0.29) is 17.8 Å². The summed E-state index contributed by atoms with van der Waals surface area (Å²) in [6, 6.07) is 6.03. The van der Waals surface area contributed by atoms with E-state index in [1.165, 1.54) is 36.3 Å². The number of rotatable bonds is 7. The Kier molecular flexibility index (Phi) is 6.23. The molecule has 1 unspecified atom stereocenters. The van der Waals surface area contributed by atoms with Gasteiger partial charge in [0, 0.05) is 42.9 Å². The molecule has 10 heteroatoms. The molecule has 3 aromatic rings. The smallest absolute Gasteiger partial charge is 0.344 e. The third kappa shape index (κ3) is 5.17. The van der Waals surface area contributed by atoms with Crippen LogP contribution in [-0.2, 0) is 17.6 Å². The molecule has 150 valence electrons. The fourth-order valence-electron chi connectivity index (χ4n) is 2.78. The van der Waals surface area contributed by atoms with Crippen LogP contribution >= 0.6 is 11.8 Å². The first-order valence-corrected chi connectivity index (χ1v) is 9.53. The van der Waals surface area contributed by atoms with Crippen LogP contribution < -0.4 is 11.2 Å². The van der Waals surface area contributed by atoms with Crippen LogP contribution in [-0.4, -0.2) is 30.6 Å². The van der Waals surface area contributed by atoms with Crippen LogP contribution in [0, 0.1) is 5.82 Å². The number of aliphatic carboxylic acids is 1. The molecule has 0 radical (unpaired) electrons. The van der Waals surface area contributed by atoms with Gasteiger partial charge in [0.2, 0.25) is 0 Å². The van der Waals surface area contributed by atoms with E-state index in [4.69, 9.17) is 0 Å². The number of nitrogens with one attached hydrogen (secondary N) is 1. The van der Waals surface area contributed by atoms with Gasteiger partial charge in [0.15, 0.2) is 5.16 Å². The Balaban J connectivity index is 1.90. The molecule has 0 saturated heterocycles. The van der Waals surface area contributed by atoms with Crippen LogP contribution in [0.15, 0.2) is 57.6 Å². The van der Waals surface area contributed by atoms with Crippen molar-refractivity contribution in [2.75, 3.05) is 0 Å². The highest BCUT2D eigenvalue weighted by atomic mass is 32.2. The number of aryl methyl sites for hydroxylation is 1. The van der Waals surface area contributed by atoms with E-state index in [0.29, 0.717) is 16.5 Å². The van der Waals surface area contributed by atoms with Crippen molar-refractivity contribution in [3.63, 3.8) is 0 Å². The molecule has 0 spiro atoms. The first-order chi connectivity index (χ1) is 13.8. The highest BCUT2D eigenvalue weighted by Crippen LogP contribution is 2.26. The highest BCUT2D eigenvalue weighted by Gasteiger charge is 2.23. The summed E-state index contributed by atoms with van der Waals surface area (Å²) >= 11 is 1.31. The van der Waals surface area contributed by atoms with Gasteiger partial charge in [0.1, 0.15) is 5.82 Å². The maximum atomic E-state index is 13.0. The molecule has 2 N–H and O–H groups in total. The van der Waals surface area contributed by atoms with E-state index in [2.05, 4.69) is 15.0 Å². The molecule has 0 aliphatic heterocycles. The molecular formula is C19H17FN4O4S. The summed E-state index contributed by atoms with van der Waals surface area (Å²) in [6.45, 7) is 0. The monoisotopic (exact) mass is 416 g/mol. The Labute approximate surface area is 168 Å². The van der Waals surface area contributed by atoms with Crippen LogP contribution in [0.25, 0.3) is 0 Å². The number of hydrogen-bond donors (Lipinski definition) is 2. The van der Waals surface area contributed by atoms with Crippen molar-refractivity contribution >= 4 is 17.7 Å². The lowest BCUT2D eigenvalue weighted by atomic mass is 9.92. The van der Waals surface area contributed by atoms with E-state index in [1.54, 1.807) is 29.9 Å². The second-order valence-corrected chi connectivity index (χ2v) is 7.25. The number of carboxylic acids is 1. The molecule has 2 heterocycles. The minimum absolute atomic E-state index is 0.190. The van der Waals surface area contributed by atoms with Gasteiger partial charge in [-0.2, -0.15) is 4.98 Å². The maximum Gasteiger partial charge on any atom is 0.344 e. The molecule has 0 aliphatic carbocycles. The minimum atomic E-state index is -1.10. The maximum absolute atomic E-state index is 13.0. The normalized spacial score (nSPS) is 11.9. The largest absolute Gasteiger partial charge is 0.481 e. The van der Waals surface area contributed by atoms with Gasteiger partial charge in [0.25, 0.3) is 5.56 Å². The van der Waals surface area contributed by atoms with Gasteiger partial charge in [-0.25, -0.2) is 14.2 Å². The van der Waals surface area contributed by atoms with Crippen molar-refractivity contribution in [1.82, 2.24) is 19.5 Å². The first-order valence-electron chi connectivity index (χ1n) is 8.54. The second-order valence-electron chi connectivity index (χ2n) is 6.31. The third-order valence-corrected chi connectivity index (χ3v) is 5.32. The summed E-state index contributed by atoms with van der Waals surface area (Å²) in [5.74, 6) is -1.74. The van der Waals surface area contributed by atoms with Crippen molar-refractivity contribution in [3.8, 4) is 0 Å². The highest BCUT2D eigenvalue weighted by molar-refractivity contribution is 7.98. The predicted molar refractivity (Wildman–Crippen MR) is 104 cm³/mol. The number of thioether (sulfide) groups is 1. The lowest BCUT2D eigenvalue weighted by molar-refractivity contribution is -0.137. The Bertz CT molecular complexity index is 1120. The Morgan fingerprint density at radius 2 is 2.03 bits per heavy atom. The minimum Gasteiger partial charge on any atom is -0.481 e. The number of nitrogens with zero attached hydrogens (tertiary/aromatic N) is 3. The van der Waals surface area contributed by atoms with Crippen molar-refractivity contribution in [2.45, 2.75) is 23.2 Å². The topological polar surface area (TPSA) is 118 Å². The van der Waals surface area contributed by atoms with Crippen molar-refractivity contribution in [3.05, 3.63) is 86.2 Å². The molecule has 1 aromatic carbocycles. The number of halogens is 1. The summed E-state index contributed by atoms with van der Waals surface area (Å²) in [5.41, 5.74) is 0.342. The molecular weight excluding hydrogens is 399 g/mol. The van der Waals surface area contributed by atoms with Crippen LogP contribution in [0.1, 0.15) is 29.0 Å². The fourth-order valence-corrected chi connectivity index (χ4v) is 3.67. The quantitative estimate of drug-likeness (QED) is 0.446. The molecule has 2 aromatic heterocycles. The average molecular weight is 416 g/mol. The van der Waals surface area contributed by atoms with Gasteiger partial charge < -0.3 is 14.7 Å². The summed E-state index contributed by atoms with van der Waals surface area (Å²) < 4.78 is 14.6. The van der Waals surface area contributed by atoms with Crippen molar-refractivity contribution in [1.29, 1.82) is 0 Å². The molecule has 0 bridgehead atoms. The fraction of sp³-hybridized carbons (Fsp3) is 0.211. The first kappa shape index (κ1) is 20.5. The zero-order valence-corrected chi connectivity index (χ0v) is 16.1. The molecule has 29 heavy (non-hydrogen) atoms. The molecule has 3 rings (SSSR count). The summed E-state index contributed by atoms with van der Waals surface area (Å²) in [4.78, 5) is 45.2. The number of carboxylic acid groups (broad SMARTS) is 1. The van der Waals surface area contributed by atoms with Gasteiger partial charge >= 0.3 is 11.7 Å². The van der Waals surface area contributed by atoms with Crippen molar-refractivity contribution in [2.24, 2.45) is 7.05 Å². The number of hydrogen-bond acceptors (Lipinski definition) is 6. The molecule has 8 nitrogen and oxygen atoms in total. The molecule has 1 atom stereocenters. The van der Waals surface area contributed by atoms with Gasteiger partial charge in [-0.05, 0) is 23.3 Å². The van der Waals surface area contributed by atoms with E-state index < -0.39 is 23.1 Å². The van der Waals surface area contributed by atoms with Crippen LogP contribution in [0.3, 0.4) is 0 Å². The summed E-state index contributed by atoms with van der Waals surface area (Å²) in [7, 11) is 1.70. The van der Waals surface area contributed by atoms with Gasteiger partial charge in [-0.1, -0.05) is 23.9 Å².